The Morgan fingerprint density at radius 3 is 2.75 bits per heavy atom. The number of halogens is 1. The lowest BCUT2D eigenvalue weighted by molar-refractivity contribution is 0.414. The van der Waals surface area contributed by atoms with Crippen molar-refractivity contribution in [1.82, 2.24) is 9.88 Å². The average Bonchev–Trinajstić information content (AvgIpc) is 2.53. The molecule has 1 aromatic heterocycles. The van der Waals surface area contributed by atoms with Gasteiger partial charge < -0.3 is 9.88 Å². The van der Waals surface area contributed by atoms with Gasteiger partial charge in [-0.1, -0.05) is 12.1 Å². The number of H-pyrrole nitrogens is 1. The molecule has 0 amide bonds. The van der Waals surface area contributed by atoms with E-state index in [0.29, 0.717) is 5.52 Å². The molecule has 0 saturated carbocycles. The number of aryl methyl sites for hydroxylation is 1. The maximum Gasteiger partial charge on any atom is 0.147 e. The van der Waals surface area contributed by atoms with E-state index in [4.69, 9.17) is 0 Å². The molecule has 1 N–H and O–H groups in total. The zero-order chi connectivity index (χ0) is 11.7. The minimum absolute atomic E-state index is 0.170. The van der Waals surface area contributed by atoms with Gasteiger partial charge >= 0.3 is 0 Å². The smallest absolute Gasteiger partial charge is 0.147 e. The van der Waals surface area contributed by atoms with Crippen molar-refractivity contribution in [3.8, 4) is 0 Å². The van der Waals surface area contributed by atoms with Gasteiger partial charge in [0.2, 0.25) is 0 Å². The molecule has 16 heavy (non-hydrogen) atoms. The van der Waals surface area contributed by atoms with Gasteiger partial charge in [-0.15, -0.1) is 0 Å². The molecule has 0 bridgehead atoms. The number of likely N-dealkylation sites (N-methyl/N-ethyl adjacent to an activating group) is 1. The molecule has 0 radical (unpaired) electrons. The second-order valence-corrected chi connectivity index (χ2v) is 4.44. The first-order valence-electron chi connectivity index (χ1n) is 5.50. The molecular formula is C13H17FN2. The van der Waals surface area contributed by atoms with E-state index in [1.165, 1.54) is 11.6 Å². The van der Waals surface area contributed by atoms with Crippen LogP contribution in [-0.2, 0) is 6.42 Å². The van der Waals surface area contributed by atoms with E-state index in [1.807, 2.05) is 27.1 Å². The third-order valence-corrected chi connectivity index (χ3v) is 2.91. The van der Waals surface area contributed by atoms with Crippen molar-refractivity contribution in [3.05, 3.63) is 35.3 Å². The lowest BCUT2D eigenvalue weighted by Gasteiger charge is -2.09. The van der Waals surface area contributed by atoms with Gasteiger partial charge in [0.05, 0.1) is 5.52 Å². The molecule has 0 saturated heterocycles. The number of benzene rings is 1. The standard InChI is InChI=1S/C13H17FN2/c1-9-10(7-8-16(2)3)11-5-4-6-12(14)13(11)15-9/h4-6,15H,7-8H2,1-3H3. The van der Waals surface area contributed by atoms with E-state index >= 15 is 0 Å². The summed E-state index contributed by atoms with van der Waals surface area (Å²) in [7, 11) is 4.09. The van der Waals surface area contributed by atoms with Crippen LogP contribution in [0.1, 0.15) is 11.3 Å². The first-order chi connectivity index (χ1) is 7.59. The predicted octanol–water partition coefficient (Wildman–Crippen LogP) is 2.72. The summed E-state index contributed by atoms with van der Waals surface area (Å²) in [6.07, 6.45) is 0.947. The molecule has 0 atom stereocenters. The molecule has 1 aromatic carbocycles. The van der Waals surface area contributed by atoms with Gasteiger partial charge in [0.1, 0.15) is 5.82 Å². The monoisotopic (exact) mass is 220 g/mol. The molecule has 0 unspecified atom stereocenters. The van der Waals surface area contributed by atoms with Crippen LogP contribution in [0.4, 0.5) is 4.39 Å². The summed E-state index contributed by atoms with van der Waals surface area (Å²) in [6, 6.07) is 5.24. The molecule has 86 valence electrons. The summed E-state index contributed by atoms with van der Waals surface area (Å²) in [5.74, 6) is -0.170. The Labute approximate surface area is 95.1 Å². The highest BCUT2D eigenvalue weighted by Crippen LogP contribution is 2.24. The highest BCUT2D eigenvalue weighted by Gasteiger charge is 2.10. The Morgan fingerprint density at radius 1 is 1.31 bits per heavy atom. The topological polar surface area (TPSA) is 19.0 Å². The van der Waals surface area contributed by atoms with E-state index in [9.17, 15) is 4.39 Å². The van der Waals surface area contributed by atoms with E-state index < -0.39 is 0 Å². The fraction of sp³-hybridized carbons (Fsp3) is 0.385. The van der Waals surface area contributed by atoms with Crippen LogP contribution >= 0.6 is 0 Å². The van der Waals surface area contributed by atoms with Crippen LogP contribution < -0.4 is 0 Å². The summed E-state index contributed by atoms with van der Waals surface area (Å²) < 4.78 is 13.5. The Balaban J connectivity index is 2.44. The second-order valence-electron chi connectivity index (χ2n) is 4.44. The van der Waals surface area contributed by atoms with Crippen molar-refractivity contribution in [3.63, 3.8) is 0 Å². The summed E-state index contributed by atoms with van der Waals surface area (Å²) >= 11 is 0. The zero-order valence-corrected chi connectivity index (χ0v) is 9.97. The molecule has 0 aliphatic heterocycles. The Bertz CT molecular complexity index is 500. The van der Waals surface area contributed by atoms with Gasteiger partial charge in [-0.05, 0) is 39.1 Å². The highest BCUT2D eigenvalue weighted by molar-refractivity contribution is 5.85. The van der Waals surface area contributed by atoms with Gasteiger partial charge in [-0.2, -0.15) is 0 Å². The Morgan fingerprint density at radius 2 is 2.06 bits per heavy atom. The van der Waals surface area contributed by atoms with E-state index in [-0.39, 0.29) is 5.82 Å². The maximum atomic E-state index is 13.5. The third-order valence-electron chi connectivity index (χ3n) is 2.91. The summed E-state index contributed by atoms with van der Waals surface area (Å²) in [6.45, 7) is 2.98. The largest absolute Gasteiger partial charge is 0.356 e. The SMILES string of the molecule is Cc1[nH]c2c(F)cccc2c1CCN(C)C. The minimum Gasteiger partial charge on any atom is -0.356 e. The van der Waals surface area contributed by atoms with Crippen LogP contribution in [0.3, 0.4) is 0 Å². The molecule has 1 heterocycles. The first-order valence-corrected chi connectivity index (χ1v) is 5.50. The van der Waals surface area contributed by atoms with E-state index in [1.54, 1.807) is 6.07 Å². The van der Waals surface area contributed by atoms with Crippen molar-refractivity contribution < 1.29 is 4.39 Å². The number of hydrogen-bond donors (Lipinski definition) is 1. The Kier molecular flexibility index (Phi) is 2.97. The predicted molar refractivity (Wildman–Crippen MR) is 65.3 cm³/mol. The van der Waals surface area contributed by atoms with Gasteiger partial charge in [0.25, 0.3) is 0 Å². The van der Waals surface area contributed by atoms with Crippen molar-refractivity contribution in [2.45, 2.75) is 13.3 Å². The number of aromatic amines is 1. The lowest BCUT2D eigenvalue weighted by atomic mass is 10.1. The molecule has 3 heteroatoms. The number of rotatable bonds is 3. The molecular weight excluding hydrogens is 203 g/mol. The van der Waals surface area contributed by atoms with Crippen LogP contribution in [0, 0.1) is 12.7 Å². The van der Waals surface area contributed by atoms with Crippen molar-refractivity contribution in [2.24, 2.45) is 0 Å². The van der Waals surface area contributed by atoms with Crippen LogP contribution in [-0.4, -0.2) is 30.5 Å². The second kappa shape index (κ2) is 4.26. The first kappa shape index (κ1) is 11.1. The van der Waals surface area contributed by atoms with E-state index in [0.717, 1.165) is 24.0 Å². The maximum absolute atomic E-state index is 13.5. The highest BCUT2D eigenvalue weighted by atomic mass is 19.1. The van der Waals surface area contributed by atoms with Gasteiger partial charge in [0, 0.05) is 17.6 Å². The fourth-order valence-electron chi connectivity index (χ4n) is 2.03. The molecule has 0 aliphatic carbocycles. The van der Waals surface area contributed by atoms with Crippen LogP contribution in [0.15, 0.2) is 18.2 Å². The molecule has 0 spiro atoms. The van der Waals surface area contributed by atoms with Gasteiger partial charge in [-0.25, -0.2) is 4.39 Å². The summed E-state index contributed by atoms with van der Waals surface area (Å²) in [5, 5.41) is 1.01. The van der Waals surface area contributed by atoms with Crippen molar-refractivity contribution in [1.29, 1.82) is 0 Å². The van der Waals surface area contributed by atoms with Gasteiger partial charge in [0.15, 0.2) is 0 Å². The number of aromatic nitrogens is 1. The van der Waals surface area contributed by atoms with Gasteiger partial charge in [-0.3, -0.25) is 0 Å². The van der Waals surface area contributed by atoms with Crippen LogP contribution in [0.2, 0.25) is 0 Å². The van der Waals surface area contributed by atoms with Crippen LogP contribution in [0.25, 0.3) is 10.9 Å². The van der Waals surface area contributed by atoms with Crippen LogP contribution in [0.5, 0.6) is 0 Å². The number of hydrogen-bond acceptors (Lipinski definition) is 1. The fourth-order valence-corrected chi connectivity index (χ4v) is 2.03. The molecule has 0 fully saturated rings. The molecule has 2 aromatic rings. The average molecular weight is 220 g/mol. The molecule has 0 aliphatic rings. The number of para-hydroxylation sites is 1. The number of nitrogens with zero attached hydrogens (tertiary/aromatic N) is 1. The number of fused-ring (bicyclic) bond motifs is 1. The summed E-state index contributed by atoms with van der Waals surface area (Å²) in [4.78, 5) is 5.26. The lowest BCUT2D eigenvalue weighted by Crippen LogP contribution is -2.15. The van der Waals surface area contributed by atoms with E-state index in [2.05, 4.69) is 9.88 Å². The minimum atomic E-state index is -0.170. The zero-order valence-electron chi connectivity index (χ0n) is 9.97. The summed E-state index contributed by atoms with van der Waals surface area (Å²) in [5.41, 5.74) is 2.93. The molecule has 2 rings (SSSR count). The quantitative estimate of drug-likeness (QED) is 0.842. The third kappa shape index (κ3) is 1.95. The normalized spacial score (nSPS) is 11.6. The number of nitrogens with one attached hydrogen (secondary N) is 1. The Hall–Kier alpha value is -1.35. The molecule has 2 nitrogen and oxygen atoms in total. The van der Waals surface area contributed by atoms with Crippen molar-refractivity contribution >= 4 is 10.9 Å². The van der Waals surface area contributed by atoms with Crippen molar-refractivity contribution in [2.75, 3.05) is 20.6 Å².